The topological polar surface area (TPSA) is 55.4 Å². The first-order valence-electron chi connectivity index (χ1n) is 8.93. The average Bonchev–Trinajstić information content (AvgIpc) is 3.31. The Kier molecular flexibility index (Phi) is 5.67. The van der Waals surface area contributed by atoms with Gasteiger partial charge in [0.15, 0.2) is 0 Å². The van der Waals surface area contributed by atoms with Crippen LogP contribution in [0, 0.1) is 0 Å². The third-order valence-corrected chi connectivity index (χ3v) is 7.08. The predicted molar refractivity (Wildman–Crippen MR) is 120 cm³/mol. The highest BCUT2D eigenvalue weighted by molar-refractivity contribution is 7.21. The van der Waals surface area contributed by atoms with E-state index in [1.54, 1.807) is 13.0 Å². The lowest BCUT2D eigenvalue weighted by Crippen LogP contribution is -2.13. The number of hydrogen-bond acceptors (Lipinski definition) is 5. The summed E-state index contributed by atoms with van der Waals surface area (Å²) in [5.74, 6) is -0.809. The van der Waals surface area contributed by atoms with Crippen LogP contribution in [-0.4, -0.2) is 18.5 Å². The molecule has 4 nitrogen and oxygen atoms in total. The van der Waals surface area contributed by atoms with E-state index in [1.807, 2.05) is 54.6 Å². The van der Waals surface area contributed by atoms with Crippen LogP contribution in [0.4, 0.5) is 5.69 Å². The standard InChI is InChI=1S/C22H16ClNO3S2/c1-2-27-22(26)19-15(12-17(29-19)13-8-4-3-5-9-13)24-21(25)20-18(23)14-10-6-7-11-16(14)28-20/h3-12H,2H2,1H3,(H,24,25). The van der Waals surface area contributed by atoms with Gasteiger partial charge in [0.1, 0.15) is 9.75 Å². The molecule has 4 aromatic rings. The maximum Gasteiger partial charge on any atom is 0.350 e. The lowest BCUT2D eigenvalue weighted by Gasteiger charge is -2.05. The lowest BCUT2D eigenvalue weighted by molar-refractivity contribution is 0.0533. The fourth-order valence-electron chi connectivity index (χ4n) is 2.92. The summed E-state index contributed by atoms with van der Waals surface area (Å²) in [7, 11) is 0. The van der Waals surface area contributed by atoms with E-state index in [0.29, 0.717) is 20.5 Å². The second-order valence-electron chi connectivity index (χ2n) is 6.14. The number of nitrogens with one attached hydrogen (secondary N) is 1. The van der Waals surface area contributed by atoms with Gasteiger partial charge in [-0.2, -0.15) is 0 Å². The third kappa shape index (κ3) is 3.92. The Labute approximate surface area is 180 Å². The summed E-state index contributed by atoms with van der Waals surface area (Å²) in [5, 5.41) is 4.11. The summed E-state index contributed by atoms with van der Waals surface area (Å²) in [5.41, 5.74) is 1.38. The summed E-state index contributed by atoms with van der Waals surface area (Å²) < 4.78 is 6.11. The molecule has 146 valence electrons. The minimum absolute atomic E-state index is 0.257. The number of amides is 1. The zero-order valence-electron chi connectivity index (χ0n) is 15.4. The van der Waals surface area contributed by atoms with Crippen molar-refractivity contribution in [3.63, 3.8) is 0 Å². The van der Waals surface area contributed by atoms with Crippen LogP contribution in [0.3, 0.4) is 0 Å². The summed E-state index contributed by atoms with van der Waals surface area (Å²) in [6.07, 6.45) is 0. The fourth-order valence-corrected chi connectivity index (χ4v) is 5.34. The number of rotatable bonds is 5. The van der Waals surface area contributed by atoms with Crippen molar-refractivity contribution in [1.29, 1.82) is 0 Å². The zero-order chi connectivity index (χ0) is 20.4. The molecule has 7 heteroatoms. The smallest absolute Gasteiger partial charge is 0.350 e. The van der Waals surface area contributed by atoms with Crippen molar-refractivity contribution in [3.05, 3.63) is 75.4 Å². The molecule has 4 rings (SSSR count). The van der Waals surface area contributed by atoms with Crippen LogP contribution in [0.25, 0.3) is 20.5 Å². The molecule has 0 atom stereocenters. The van der Waals surface area contributed by atoms with E-state index in [-0.39, 0.29) is 12.5 Å². The number of hydrogen-bond donors (Lipinski definition) is 1. The van der Waals surface area contributed by atoms with Crippen molar-refractivity contribution < 1.29 is 14.3 Å². The molecule has 0 aliphatic carbocycles. The minimum Gasteiger partial charge on any atom is -0.462 e. The van der Waals surface area contributed by atoms with Gasteiger partial charge in [-0.25, -0.2) is 4.79 Å². The minimum atomic E-state index is -0.461. The number of ether oxygens (including phenoxy) is 1. The molecule has 0 radical (unpaired) electrons. The Morgan fingerprint density at radius 2 is 1.72 bits per heavy atom. The Morgan fingerprint density at radius 3 is 2.45 bits per heavy atom. The molecule has 0 aliphatic heterocycles. The van der Waals surface area contributed by atoms with Crippen molar-refractivity contribution in [1.82, 2.24) is 0 Å². The number of esters is 1. The molecule has 1 amide bonds. The largest absolute Gasteiger partial charge is 0.462 e. The van der Waals surface area contributed by atoms with Crippen LogP contribution in [0.5, 0.6) is 0 Å². The zero-order valence-corrected chi connectivity index (χ0v) is 17.8. The second kappa shape index (κ2) is 8.37. The normalized spacial score (nSPS) is 10.8. The highest BCUT2D eigenvalue weighted by Crippen LogP contribution is 2.38. The van der Waals surface area contributed by atoms with Gasteiger partial charge >= 0.3 is 5.97 Å². The van der Waals surface area contributed by atoms with E-state index >= 15 is 0 Å². The fraction of sp³-hybridized carbons (Fsp3) is 0.0909. The Balaban J connectivity index is 1.71. The van der Waals surface area contributed by atoms with Crippen molar-refractivity contribution in [2.45, 2.75) is 6.92 Å². The van der Waals surface area contributed by atoms with Gasteiger partial charge in [-0.05, 0) is 24.6 Å². The van der Waals surface area contributed by atoms with Crippen LogP contribution in [0.15, 0.2) is 60.7 Å². The molecule has 0 spiro atoms. The average molecular weight is 442 g/mol. The van der Waals surface area contributed by atoms with E-state index in [0.717, 1.165) is 20.5 Å². The Bertz CT molecular complexity index is 1200. The first kappa shape index (κ1) is 19.6. The highest BCUT2D eigenvalue weighted by atomic mass is 35.5. The quantitative estimate of drug-likeness (QED) is 0.350. The number of carbonyl (C=O) groups excluding carboxylic acids is 2. The molecule has 1 N–H and O–H groups in total. The second-order valence-corrected chi connectivity index (χ2v) is 8.62. The molecule has 0 bridgehead atoms. The summed E-state index contributed by atoms with van der Waals surface area (Å²) >= 11 is 9.04. The van der Waals surface area contributed by atoms with Gasteiger partial charge in [-0.3, -0.25) is 4.79 Å². The number of fused-ring (bicyclic) bond motifs is 1. The molecule has 0 aliphatic rings. The maximum absolute atomic E-state index is 13.0. The van der Waals surface area contributed by atoms with E-state index < -0.39 is 5.97 Å². The van der Waals surface area contributed by atoms with Gasteiger partial charge in [-0.1, -0.05) is 60.1 Å². The number of halogens is 1. The van der Waals surface area contributed by atoms with Crippen LogP contribution in [0.1, 0.15) is 26.3 Å². The molecular weight excluding hydrogens is 426 g/mol. The van der Waals surface area contributed by atoms with Gasteiger partial charge in [0.2, 0.25) is 0 Å². The number of thiophene rings is 2. The van der Waals surface area contributed by atoms with E-state index in [2.05, 4.69) is 5.32 Å². The molecule has 0 saturated carbocycles. The van der Waals surface area contributed by atoms with E-state index in [4.69, 9.17) is 16.3 Å². The molecular formula is C22H16ClNO3S2. The molecule has 0 saturated heterocycles. The predicted octanol–water partition coefficient (Wildman–Crippen LogP) is 6.71. The number of benzene rings is 2. The Hall–Kier alpha value is -2.67. The summed E-state index contributed by atoms with van der Waals surface area (Å²) in [6.45, 7) is 2.01. The van der Waals surface area contributed by atoms with Gasteiger partial charge < -0.3 is 10.1 Å². The first-order chi connectivity index (χ1) is 14.1. The van der Waals surface area contributed by atoms with E-state index in [1.165, 1.54) is 22.7 Å². The van der Waals surface area contributed by atoms with Gasteiger partial charge in [-0.15, -0.1) is 22.7 Å². The van der Waals surface area contributed by atoms with Crippen LogP contribution < -0.4 is 5.32 Å². The number of anilines is 1. The molecule has 0 unspecified atom stereocenters. The van der Waals surface area contributed by atoms with Crippen molar-refractivity contribution in [2.75, 3.05) is 11.9 Å². The highest BCUT2D eigenvalue weighted by Gasteiger charge is 2.23. The first-order valence-corrected chi connectivity index (χ1v) is 10.9. The third-order valence-electron chi connectivity index (χ3n) is 4.24. The van der Waals surface area contributed by atoms with Gasteiger partial charge in [0.25, 0.3) is 5.91 Å². The number of carbonyl (C=O) groups is 2. The maximum atomic E-state index is 13.0. The lowest BCUT2D eigenvalue weighted by atomic mass is 10.2. The summed E-state index contributed by atoms with van der Waals surface area (Å²) in [6, 6.07) is 19.1. The van der Waals surface area contributed by atoms with Crippen LogP contribution >= 0.6 is 34.3 Å². The van der Waals surface area contributed by atoms with Crippen molar-refractivity contribution in [2.24, 2.45) is 0 Å². The molecule has 29 heavy (non-hydrogen) atoms. The SMILES string of the molecule is CCOC(=O)c1sc(-c2ccccc2)cc1NC(=O)c1sc2ccccc2c1Cl. The molecule has 2 heterocycles. The molecule has 2 aromatic carbocycles. The van der Waals surface area contributed by atoms with Crippen LogP contribution in [-0.2, 0) is 4.74 Å². The van der Waals surface area contributed by atoms with Gasteiger partial charge in [0.05, 0.1) is 17.3 Å². The van der Waals surface area contributed by atoms with Crippen LogP contribution in [0.2, 0.25) is 5.02 Å². The summed E-state index contributed by atoms with van der Waals surface area (Å²) in [4.78, 5) is 27.0. The monoisotopic (exact) mass is 441 g/mol. The molecule has 0 fully saturated rings. The van der Waals surface area contributed by atoms with Gasteiger partial charge in [0, 0.05) is 15.0 Å². The Morgan fingerprint density at radius 1 is 1.00 bits per heavy atom. The van der Waals surface area contributed by atoms with E-state index in [9.17, 15) is 9.59 Å². The van der Waals surface area contributed by atoms with Crippen molar-refractivity contribution >= 4 is 61.9 Å². The molecule has 2 aromatic heterocycles. The van der Waals surface area contributed by atoms with Crippen molar-refractivity contribution in [3.8, 4) is 10.4 Å².